The second-order valence-corrected chi connectivity index (χ2v) is 5.21. The van der Waals surface area contributed by atoms with Crippen LogP contribution in [0, 0.1) is 0 Å². The smallest absolute Gasteiger partial charge is 0.176 e. The molecule has 2 N–H and O–H groups in total. The number of benzene rings is 1. The highest BCUT2D eigenvalue weighted by atomic mass is 16.1. The van der Waals surface area contributed by atoms with Gasteiger partial charge in [0, 0.05) is 17.8 Å². The molecule has 0 amide bonds. The van der Waals surface area contributed by atoms with E-state index in [1.807, 2.05) is 18.2 Å². The van der Waals surface area contributed by atoms with E-state index in [4.69, 9.17) is 0 Å². The number of unbranched alkanes of at least 4 members (excludes halogenated alkanes) is 3. The fourth-order valence-corrected chi connectivity index (χ4v) is 2.46. The third-order valence-corrected chi connectivity index (χ3v) is 3.63. The Labute approximate surface area is 115 Å². The first kappa shape index (κ1) is 14.1. The largest absolute Gasteiger partial charge is 0.384 e. The lowest BCUT2D eigenvalue weighted by Crippen LogP contribution is -2.24. The van der Waals surface area contributed by atoms with E-state index in [0.717, 1.165) is 31.5 Å². The van der Waals surface area contributed by atoms with Crippen LogP contribution in [0.15, 0.2) is 18.2 Å². The molecule has 0 spiro atoms. The number of carbonyl (C=O) groups is 1. The van der Waals surface area contributed by atoms with Gasteiger partial charge in [-0.3, -0.25) is 4.79 Å². The average Bonchev–Trinajstić information content (AvgIpc) is 2.89. The Morgan fingerprint density at radius 1 is 1.32 bits per heavy atom. The number of hydrogen-bond acceptors (Lipinski definition) is 3. The van der Waals surface area contributed by atoms with Crippen molar-refractivity contribution in [2.24, 2.45) is 0 Å². The number of carbonyl (C=O) groups excluding carboxylic acids is 1. The fourth-order valence-electron chi connectivity index (χ4n) is 2.46. The van der Waals surface area contributed by atoms with E-state index in [1.165, 1.54) is 30.5 Å². The maximum Gasteiger partial charge on any atom is 0.176 e. The number of fused-ring (bicyclic) bond motifs is 1. The minimum atomic E-state index is 0.199. The first-order valence-corrected chi connectivity index (χ1v) is 7.42. The Bertz CT molecular complexity index is 429. The molecule has 104 valence electrons. The fraction of sp³-hybridized carbons (Fsp3) is 0.562. The monoisotopic (exact) mass is 260 g/mol. The molecule has 0 bridgehead atoms. The Hall–Kier alpha value is -1.35. The van der Waals surface area contributed by atoms with Crippen LogP contribution in [0.1, 0.15) is 48.5 Å². The topological polar surface area (TPSA) is 41.1 Å². The number of anilines is 1. The van der Waals surface area contributed by atoms with E-state index in [0.29, 0.717) is 6.54 Å². The summed E-state index contributed by atoms with van der Waals surface area (Å²) in [6, 6.07) is 5.99. The van der Waals surface area contributed by atoms with Crippen LogP contribution in [-0.2, 0) is 6.42 Å². The molecule has 1 heterocycles. The minimum Gasteiger partial charge on any atom is -0.384 e. The maximum absolute atomic E-state index is 12.1. The van der Waals surface area contributed by atoms with Crippen LogP contribution in [0.3, 0.4) is 0 Å². The van der Waals surface area contributed by atoms with Crippen LogP contribution in [0.25, 0.3) is 0 Å². The van der Waals surface area contributed by atoms with Gasteiger partial charge in [0.2, 0.25) is 0 Å². The van der Waals surface area contributed by atoms with Crippen molar-refractivity contribution in [1.29, 1.82) is 0 Å². The van der Waals surface area contributed by atoms with E-state index in [1.54, 1.807) is 0 Å². The Morgan fingerprint density at radius 3 is 3.05 bits per heavy atom. The molecule has 0 fully saturated rings. The summed E-state index contributed by atoms with van der Waals surface area (Å²) in [5.41, 5.74) is 3.29. The SMILES string of the molecule is CCCCCCNCC(=O)c1ccc2c(c1)CCN2. The Morgan fingerprint density at radius 2 is 2.21 bits per heavy atom. The molecule has 1 aromatic carbocycles. The number of hydrogen-bond donors (Lipinski definition) is 2. The van der Waals surface area contributed by atoms with Gasteiger partial charge < -0.3 is 10.6 Å². The molecule has 0 saturated heterocycles. The molecule has 0 aromatic heterocycles. The van der Waals surface area contributed by atoms with Crippen LogP contribution in [0.4, 0.5) is 5.69 Å². The van der Waals surface area contributed by atoms with Gasteiger partial charge in [0.25, 0.3) is 0 Å². The molecule has 0 aliphatic carbocycles. The van der Waals surface area contributed by atoms with Crippen molar-refractivity contribution in [2.75, 3.05) is 25.0 Å². The minimum absolute atomic E-state index is 0.199. The molecule has 1 aromatic rings. The summed E-state index contributed by atoms with van der Waals surface area (Å²) in [6.07, 6.45) is 5.98. The van der Waals surface area contributed by atoms with E-state index < -0.39 is 0 Å². The van der Waals surface area contributed by atoms with Crippen molar-refractivity contribution in [3.8, 4) is 0 Å². The predicted molar refractivity (Wildman–Crippen MR) is 80.0 cm³/mol. The molecule has 0 atom stereocenters. The number of nitrogens with one attached hydrogen (secondary N) is 2. The zero-order valence-corrected chi connectivity index (χ0v) is 11.8. The molecule has 19 heavy (non-hydrogen) atoms. The zero-order valence-electron chi connectivity index (χ0n) is 11.8. The van der Waals surface area contributed by atoms with Gasteiger partial charge in [-0.05, 0) is 43.1 Å². The summed E-state index contributed by atoms with van der Waals surface area (Å²) in [7, 11) is 0. The molecule has 3 heteroatoms. The van der Waals surface area contributed by atoms with Gasteiger partial charge in [-0.1, -0.05) is 26.2 Å². The van der Waals surface area contributed by atoms with Crippen molar-refractivity contribution in [1.82, 2.24) is 5.32 Å². The summed E-state index contributed by atoms with van der Waals surface area (Å²) < 4.78 is 0. The molecular weight excluding hydrogens is 236 g/mol. The molecular formula is C16H24N2O. The van der Waals surface area contributed by atoms with Crippen LogP contribution < -0.4 is 10.6 Å². The molecule has 0 saturated carbocycles. The predicted octanol–water partition coefficient (Wildman–Crippen LogP) is 3.01. The van der Waals surface area contributed by atoms with Gasteiger partial charge in [-0.2, -0.15) is 0 Å². The van der Waals surface area contributed by atoms with Crippen LogP contribution in [0.2, 0.25) is 0 Å². The molecule has 3 nitrogen and oxygen atoms in total. The average molecular weight is 260 g/mol. The van der Waals surface area contributed by atoms with E-state index in [-0.39, 0.29) is 5.78 Å². The van der Waals surface area contributed by atoms with Gasteiger partial charge in [0.05, 0.1) is 6.54 Å². The van der Waals surface area contributed by atoms with Crippen LogP contribution >= 0.6 is 0 Å². The summed E-state index contributed by atoms with van der Waals surface area (Å²) in [5.74, 6) is 0.199. The lowest BCUT2D eigenvalue weighted by atomic mass is 10.1. The first-order chi connectivity index (χ1) is 9.31. The van der Waals surface area contributed by atoms with Crippen LogP contribution in [-0.4, -0.2) is 25.4 Å². The Balaban J connectivity index is 1.74. The number of Topliss-reactive ketones (excluding diaryl/α,β-unsaturated/α-hetero) is 1. The first-order valence-electron chi connectivity index (χ1n) is 7.42. The maximum atomic E-state index is 12.1. The van der Waals surface area contributed by atoms with Gasteiger partial charge in [0.1, 0.15) is 0 Å². The number of rotatable bonds is 8. The highest BCUT2D eigenvalue weighted by Gasteiger charge is 2.12. The van der Waals surface area contributed by atoms with Crippen molar-refractivity contribution in [2.45, 2.75) is 39.0 Å². The van der Waals surface area contributed by atoms with E-state index in [9.17, 15) is 4.79 Å². The normalized spacial score (nSPS) is 13.1. The molecule has 1 aliphatic heterocycles. The second kappa shape index (κ2) is 7.29. The second-order valence-electron chi connectivity index (χ2n) is 5.21. The van der Waals surface area contributed by atoms with Gasteiger partial charge in [-0.25, -0.2) is 0 Å². The van der Waals surface area contributed by atoms with Crippen molar-refractivity contribution < 1.29 is 4.79 Å². The van der Waals surface area contributed by atoms with Crippen molar-refractivity contribution in [3.05, 3.63) is 29.3 Å². The summed E-state index contributed by atoms with van der Waals surface area (Å²) in [5, 5.41) is 6.56. The highest BCUT2D eigenvalue weighted by Crippen LogP contribution is 2.23. The lowest BCUT2D eigenvalue weighted by Gasteiger charge is -2.06. The zero-order chi connectivity index (χ0) is 13.5. The van der Waals surface area contributed by atoms with Gasteiger partial charge in [-0.15, -0.1) is 0 Å². The quantitative estimate of drug-likeness (QED) is 0.557. The summed E-state index contributed by atoms with van der Waals surface area (Å²) in [6.45, 7) is 4.60. The standard InChI is InChI=1S/C16H24N2O/c1-2-3-4-5-9-17-12-16(19)14-6-7-15-13(11-14)8-10-18-15/h6-7,11,17-18H,2-5,8-10,12H2,1H3. The third-order valence-electron chi connectivity index (χ3n) is 3.63. The van der Waals surface area contributed by atoms with E-state index >= 15 is 0 Å². The summed E-state index contributed by atoms with van der Waals surface area (Å²) in [4.78, 5) is 12.1. The summed E-state index contributed by atoms with van der Waals surface area (Å²) >= 11 is 0. The van der Waals surface area contributed by atoms with Crippen molar-refractivity contribution >= 4 is 11.5 Å². The number of ketones is 1. The molecule has 1 aliphatic rings. The lowest BCUT2D eigenvalue weighted by molar-refractivity contribution is 0.0991. The van der Waals surface area contributed by atoms with Gasteiger partial charge in [0.15, 0.2) is 5.78 Å². The third kappa shape index (κ3) is 4.06. The molecule has 2 rings (SSSR count). The van der Waals surface area contributed by atoms with Crippen LogP contribution in [0.5, 0.6) is 0 Å². The highest BCUT2D eigenvalue weighted by molar-refractivity contribution is 5.98. The molecule has 0 unspecified atom stereocenters. The van der Waals surface area contributed by atoms with Crippen molar-refractivity contribution in [3.63, 3.8) is 0 Å². The van der Waals surface area contributed by atoms with Gasteiger partial charge >= 0.3 is 0 Å². The van der Waals surface area contributed by atoms with E-state index in [2.05, 4.69) is 17.6 Å². The molecule has 0 radical (unpaired) electrons. The Kier molecular flexibility index (Phi) is 5.40.